The average Bonchev–Trinajstić information content (AvgIpc) is 3.08. The monoisotopic (exact) mass is 803 g/mol. The molecule has 0 fully saturated rings. The molecular formula is C41H61N3O8Se. The number of allylic oxidation sites excluding steroid dienone is 3. The molecule has 0 saturated carbocycles. The van der Waals surface area contributed by atoms with E-state index in [9.17, 15) is 24.0 Å². The summed E-state index contributed by atoms with van der Waals surface area (Å²) in [7, 11) is 1.47. The molecule has 0 heterocycles. The third-order valence-electron chi connectivity index (χ3n) is 8.15. The van der Waals surface area contributed by atoms with Crippen molar-refractivity contribution < 1.29 is 38.2 Å². The Hall–Kier alpha value is -4.15. The summed E-state index contributed by atoms with van der Waals surface area (Å²) in [5, 5.41) is 5.80. The summed E-state index contributed by atoms with van der Waals surface area (Å²) >= 11 is 0.0371. The second kappa shape index (κ2) is 23.5. The number of hydrogen-bond donors (Lipinski definition) is 2. The Morgan fingerprint density at radius 2 is 1.53 bits per heavy atom. The summed E-state index contributed by atoms with van der Waals surface area (Å²) in [6.07, 6.45) is 5.68. The molecule has 0 aromatic heterocycles. The number of nitrogens with zero attached hydrogens (tertiary/aromatic N) is 1. The fourth-order valence-corrected chi connectivity index (χ4v) is 8.27. The number of carbonyl (C=O) groups is 5. The van der Waals surface area contributed by atoms with E-state index < -0.39 is 48.6 Å². The molecule has 294 valence electrons. The second-order valence-electron chi connectivity index (χ2n) is 14.6. The van der Waals surface area contributed by atoms with Gasteiger partial charge in [-0.15, -0.1) is 0 Å². The van der Waals surface area contributed by atoms with Crippen molar-refractivity contribution >= 4 is 49.3 Å². The van der Waals surface area contributed by atoms with Gasteiger partial charge < -0.3 is 10.1 Å². The van der Waals surface area contributed by atoms with E-state index in [1.54, 1.807) is 13.8 Å². The van der Waals surface area contributed by atoms with Crippen molar-refractivity contribution in [2.45, 2.75) is 92.2 Å². The van der Waals surface area contributed by atoms with Crippen LogP contribution in [0.4, 0.5) is 4.79 Å². The van der Waals surface area contributed by atoms with Crippen LogP contribution >= 0.6 is 0 Å². The molecule has 0 saturated heterocycles. The van der Waals surface area contributed by atoms with Crippen molar-refractivity contribution in [3.63, 3.8) is 0 Å². The van der Waals surface area contributed by atoms with Gasteiger partial charge in [-0.05, 0) is 6.92 Å². The summed E-state index contributed by atoms with van der Waals surface area (Å²) in [5.41, 5.74) is 1.71. The summed E-state index contributed by atoms with van der Waals surface area (Å²) < 4.78 is 17.6. The molecule has 0 bridgehead atoms. The third-order valence-corrected chi connectivity index (χ3v) is 10.7. The molecule has 1 aromatic carbocycles. The predicted molar refractivity (Wildman–Crippen MR) is 210 cm³/mol. The number of amides is 3. The quantitative estimate of drug-likeness (QED) is 0.0542. The average molecular weight is 803 g/mol. The minimum absolute atomic E-state index is 0.0186. The van der Waals surface area contributed by atoms with E-state index in [2.05, 4.69) is 62.8 Å². The normalized spacial score (nSPS) is 14.8. The Balaban J connectivity index is 3.31. The summed E-state index contributed by atoms with van der Waals surface area (Å²) in [6.45, 7) is 24.0. The van der Waals surface area contributed by atoms with Gasteiger partial charge in [0.2, 0.25) is 0 Å². The van der Waals surface area contributed by atoms with E-state index in [1.165, 1.54) is 35.5 Å². The third kappa shape index (κ3) is 18.0. The van der Waals surface area contributed by atoms with Crippen molar-refractivity contribution in [2.75, 3.05) is 26.8 Å². The molecular weight excluding hydrogens is 741 g/mol. The molecule has 0 aliphatic carbocycles. The first-order valence-corrected chi connectivity index (χ1v) is 20.0. The van der Waals surface area contributed by atoms with Crippen LogP contribution in [0.1, 0.15) is 68.7 Å². The molecule has 1 aromatic rings. The molecule has 11 nitrogen and oxygen atoms in total. The van der Waals surface area contributed by atoms with E-state index >= 15 is 0 Å². The maximum absolute atomic E-state index is 13.5. The van der Waals surface area contributed by atoms with Gasteiger partial charge in [-0.3, -0.25) is 4.79 Å². The number of alkyl carbamates (subject to hydrolysis) is 1. The first-order chi connectivity index (χ1) is 24.8. The number of carbonyl (C=O) groups excluding carboxylic acids is 5. The summed E-state index contributed by atoms with van der Waals surface area (Å²) in [5.74, 6) is -2.91. The zero-order valence-corrected chi connectivity index (χ0v) is 34.9. The van der Waals surface area contributed by atoms with Gasteiger partial charge in [0, 0.05) is 0 Å². The van der Waals surface area contributed by atoms with Gasteiger partial charge in [0.15, 0.2) is 0 Å². The van der Waals surface area contributed by atoms with Crippen LogP contribution in [-0.2, 0) is 33.4 Å². The van der Waals surface area contributed by atoms with E-state index in [-0.39, 0.29) is 63.7 Å². The van der Waals surface area contributed by atoms with Gasteiger partial charge in [0.25, 0.3) is 0 Å². The van der Waals surface area contributed by atoms with Crippen molar-refractivity contribution in [1.29, 1.82) is 0 Å². The number of likely N-dealkylation sites (N-methyl/N-ethyl adjacent to an activating group) is 1. The minimum atomic E-state index is -0.977. The predicted octanol–water partition coefficient (Wildman–Crippen LogP) is 5.56. The number of hydrogen-bond acceptors (Lipinski definition) is 8. The zero-order valence-electron chi connectivity index (χ0n) is 33.2. The van der Waals surface area contributed by atoms with Gasteiger partial charge in [-0.25, -0.2) is 4.79 Å². The second-order valence-corrected chi connectivity index (χ2v) is 16.9. The molecule has 0 aliphatic heterocycles. The van der Waals surface area contributed by atoms with Crippen LogP contribution in [0.15, 0.2) is 78.9 Å². The Kier molecular flexibility index (Phi) is 20.8. The van der Waals surface area contributed by atoms with Crippen molar-refractivity contribution in [2.24, 2.45) is 23.2 Å². The molecule has 0 aliphatic rings. The Morgan fingerprint density at radius 1 is 0.925 bits per heavy atom. The molecule has 5 atom stereocenters. The summed E-state index contributed by atoms with van der Waals surface area (Å²) in [4.78, 5) is 66.3. The van der Waals surface area contributed by atoms with Crippen LogP contribution in [0.3, 0.4) is 0 Å². The topological polar surface area (TPSA) is 140 Å². The zero-order chi connectivity index (χ0) is 40.3. The number of ether oxygens (including phenoxy) is 3. The van der Waals surface area contributed by atoms with Crippen LogP contribution in [0.2, 0.25) is 5.32 Å². The van der Waals surface area contributed by atoms with Crippen molar-refractivity contribution in [3.8, 4) is 0 Å². The molecule has 0 radical (unpaired) electrons. The van der Waals surface area contributed by atoms with Crippen LogP contribution in [0, 0.1) is 23.2 Å². The maximum atomic E-state index is 13.5. The first-order valence-electron chi connectivity index (χ1n) is 17.9. The van der Waals surface area contributed by atoms with Gasteiger partial charge >= 0.3 is 272 Å². The fraction of sp³-hybridized carbons (Fsp3) is 0.537. The van der Waals surface area contributed by atoms with E-state index in [1.807, 2.05) is 45.0 Å². The Labute approximate surface area is 323 Å². The molecule has 2 N–H and O–H groups in total. The number of esters is 2. The van der Waals surface area contributed by atoms with E-state index in [0.29, 0.717) is 5.32 Å². The number of benzene rings is 1. The SMILES string of the molecule is C=CCOC(=O)CC(C[Se]c1ccccc1)[C@@H](C)[C@@H](OC(=O)CNC(=O)[C@H](C(C)C)N(C)C(=O)[C@H](C)NC(=O)OCC=C)/C(C)=C/C(C)=C/C(C)(C)C. The molecule has 3 amide bonds. The van der Waals surface area contributed by atoms with Gasteiger partial charge in [0.1, 0.15) is 12.6 Å². The number of rotatable bonds is 21. The molecule has 53 heavy (non-hydrogen) atoms. The molecule has 1 unspecified atom stereocenters. The fourth-order valence-electron chi connectivity index (χ4n) is 5.80. The van der Waals surface area contributed by atoms with E-state index in [0.717, 1.165) is 11.1 Å². The van der Waals surface area contributed by atoms with Gasteiger partial charge in [-0.2, -0.15) is 0 Å². The van der Waals surface area contributed by atoms with Crippen LogP contribution in [0.25, 0.3) is 0 Å². The van der Waals surface area contributed by atoms with Crippen LogP contribution < -0.4 is 15.1 Å². The van der Waals surface area contributed by atoms with Gasteiger partial charge in [0.05, 0.1) is 0 Å². The Bertz CT molecular complexity index is 1450. The van der Waals surface area contributed by atoms with Crippen molar-refractivity contribution in [1.82, 2.24) is 15.5 Å². The van der Waals surface area contributed by atoms with Gasteiger partial charge in [-0.1, -0.05) is 12.7 Å². The van der Waals surface area contributed by atoms with E-state index in [4.69, 9.17) is 14.2 Å². The standard InChI is InChI=1S/C41H61N3O8Se/c1-13-20-50-34(45)23-32(26-53-33-18-16-15-17-19-33)30(7)37(29(6)22-28(5)24-41(9,10)11)52-35(46)25-42-38(47)36(27(3)4)44(12)39(48)31(8)43-40(49)51-21-14-2/h13-19,22,24,27,30-32,36-37H,1-2,20-21,23,25-26H2,3-12H3,(H,42,47)(H,43,49)/b28-24+,29-22+/t30-,31+,32?,36+,37+/m1/s1. The summed E-state index contributed by atoms with van der Waals surface area (Å²) in [6, 6.07) is 8.14. The first kappa shape index (κ1) is 46.9. The van der Waals surface area contributed by atoms with Crippen LogP contribution in [0.5, 0.6) is 0 Å². The van der Waals surface area contributed by atoms with Crippen molar-refractivity contribution in [3.05, 3.63) is 78.9 Å². The molecule has 0 spiro atoms. The molecule has 12 heteroatoms. The molecule has 1 rings (SSSR count). The van der Waals surface area contributed by atoms with Crippen LogP contribution in [-0.4, -0.2) is 94.7 Å². The Morgan fingerprint density at radius 3 is 2.09 bits per heavy atom. The number of nitrogens with one attached hydrogen (secondary N) is 2.